The summed E-state index contributed by atoms with van der Waals surface area (Å²) in [6.45, 7) is 2.22. The Morgan fingerprint density at radius 2 is 1.64 bits per heavy atom. The molecule has 3 aromatic carbocycles. The largest absolute Gasteiger partial charge is 0.326 e. The van der Waals surface area contributed by atoms with E-state index in [1.807, 2.05) is 24.3 Å². The molecule has 36 heavy (non-hydrogen) atoms. The smallest absolute Gasteiger partial charge is 0.264 e. The second-order valence-electron chi connectivity index (χ2n) is 8.69. The maximum Gasteiger partial charge on any atom is 0.264 e. The van der Waals surface area contributed by atoms with Crippen LogP contribution in [0.5, 0.6) is 0 Å². The van der Waals surface area contributed by atoms with Crippen molar-refractivity contribution in [3.8, 4) is 0 Å². The Morgan fingerprint density at radius 1 is 0.944 bits per heavy atom. The first-order valence-corrected chi connectivity index (χ1v) is 14.6. The van der Waals surface area contributed by atoms with Gasteiger partial charge in [0, 0.05) is 18.7 Å². The van der Waals surface area contributed by atoms with Crippen molar-refractivity contribution < 1.29 is 21.6 Å². The average molecular weight is 528 g/mol. The van der Waals surface area contributed by atoms with Crippen LogP contribution in [0, 0.1) is 6.92 Å². The molecule has 1 amide bonds. The molecule has 0 spiro atoms. The lowest BCUT2D eigenvalue weighted by Gasteiger charge is -2.30. The number of nitrogens with one attached hydrogen (secondary N) is 2. The van der Waals surface area contributed by atoms with E-state index in [9.17, 15) is 21.6 Å². The Kier molecular flexibility index (Phi) is 7.49. The number of para-hydroxylation sites is 1. The molecule has 8 nitrogen and oxygen atoms in total. The molecule has 10 heteroatoms. The zero-order valence-corrected chi connectivity index (χ0v) is 21.8. The molecule has 190 valence electrons. The molecular formula is C26H29N3O5S2. The summed E-state index contributed by atoms with van der Waals surface area (Å²) in [4.78, 5) is 12.8. The van der Waals surface area contributed by atoms with Crippen LogP contribution < -0.4 is 14.3 Å². The molecule has 0 atom stereocenters. The van der Waals surface area contributed by atoms with Gasteiger partial charge in [0.05, 0.1) is 15.5 Å². The summed E-state index contributed by atoms with van der Waals surface area (Å²) in [5.74, 6) is -0.265. The third kappa shape index (κ3) is 5.45. The van der Waals surface area contributed by atoms with Gasteiger partial charge in [-0.25, -0.2) is 21.6 Å². The number of rotatable bonds is 8. The molecule has 1 aliphatic rings. The molecule has 0 saturated carbocycles. The SMILES string of the molecule is CNS(=O)(=O)c1ccc(C)c(NC(=O)CCc2ccc(S(=O)(=O)N3CCCc4ccccc43)cc2)c1. The lowest BCUT2D eigenvalue weighted by Crippen LogP contribution is -2.35. The van der Waals surface area contributed by atoms with Gasteiger partial charge < -0.3 is 5.32 Å². The summed E-state index contributed by atoms with van der Waals surface area (Å²) in [5, 5.41) is 2.77. The molecule has 0 saturated heterocycles. The van der Waals surface area contributed by atoms with Crippen LogP contribution in [0.25, 0.3) is 0 Å². The first-order chi connectivity index (χ1) is 17.1. The molecule has 0 bridgehead atoms. The predicted molar refractivity (Wildman–Crippen MR) is 140 cm³/mol. The predicted octanol–water partition coefficient (Wildman–Crippen LogP) is 3.62. The van der Waals surface area contributed by atoms with Gasteiger partial charge in [-0.1, -0.05) is 36.4 Å². The number of amides is 1. The molecule has 3 aromatic rings. The third-order valence-corrected chi connectivity index (χ3v) is 9.52. The number of nitrogens with zero attached hydrogens (tertiary/aromatic N) is 1. The Labute approximate surface area is 212 Å². The summed E-state index contributed by atoms with van der Waals surface area (Å²) in [6.07, 6.45) is 2.20. The number of hydrogen-bond acceptors (Lipinski definition) is 5. The quantitative estimate of drug-likeness (QED) is 0.465. The number of carbonyl (C=O) groups is 1. The van der Waals surface area contributed by atoms with Gasteiger partial charge in [0.2, 0.25) is 15.9 Å². The molecule has 1 aliphatic heterocycles. The number of anilines is 2. The minimum atomic E-state index is -3.69. The van der Waals surface area contributed by atoms with Crippen LogP contribution in [0.3, 0.4) is 0 Å². The summed E-state index contributed by atoms with van der Waals surface area (Å²) < 4.78 is 54.4. The number of fused-ring (bicyclic) bond motifs is 1. The molecule has 2 N–H and O–H groups in total. The zero-order chi connectivity index (χ0) is 25.9. The van der Waals surface area contributed by atoms with Crippen LogP contribution in [-0.2, 0) is 37.7 Å². The maximum atomic E-state index is 13.3. The standard InChI is InChI=1S/C26H29N3O5S2/c1-19-9-13-23(35(31,32)27-2)18-24(19)28-26(30)16-12-20-10-14-22(15-11-20)36(33,34)29-17-5-7-21-6-3-4-8-25(21)29/h3-4,6,8-11,13-15,18,27H,5,7,12,16-17H2,1-2H3,(H,28,30). The topological polar surface area (TPSA) is 113 Å². The Morgan fingerprint density at radius 3 is 2.36 bits per heavy atom. The van der Waals surface area contributed by atoms with E-state index in [0.717, 1.165) is 35.2 Å². The van der Waals surface area contributed by atoms with Crippen molar-refractivity contribution in [1.82, 2.24) is 4.72 Å². The minimum Gasteiger partial charge on any atom is -0.326 e. The van der Waals surface area contributed by atoms with E-state index in [1.165, 1.54) is 23.5 Å². The van der Waals surface area contributed by atoms with Crippen LogP contribution >= 0.6 is 0 Å². The summed E-state index contributed by atoms with van der Waals surface area (Å²) in [6, 6.07) is 18.7. The van der Waals surface area contributed by atoms with Crippen molar-refractivity contribution >= 4 is 37.3 Å². The first-order valence-electron chi connectivity index (χ1n) is 11.7. The van der Waals surface area contributed by atoms with E-state index >= 15 is 0 Å². The van der Waals surface area contributed by atoms with Gasteiger partial charge in [0.1, 0.15) is 0 Å². The van der Waals surface area contributed by atoms with Crippen molar-refractivity contribution in [2.75, 3.05) is 23.2 Å². The van der Waals surface area contributed by atoms with Crippen molar-refractivity contribution in [2.45, 2.75) is 42.4 Å². The second kappa shape index (κ2) is 10.4. The van der Waals surface area contributed by atoms with Gasteiger partial charge in [-0.15, -0.1) is 0 Å². The number of hydrogen-bond donors (Lipinski definition) is 2. The van der Waals surface area contributed by atoms with Crippen LogP contribution in [0.4, 0.5) is 11.4 Å². The number of carbonyl (C=O) groups excluding carboxylic acids is 1. The van der Waals surface area contributed by atoms with Gasteiger partial charge in [-0.05, 0) is 80.3 Å². The zero-order valence-electron chi connectivity index (χ0n) is 20.2. The Balaban J connectivity index is 1.42. The molecule has 0 aromatic heterocycles. The van der Waals surface area contributed by atoms with Crippen molar-refractivity contribution in [3.63, 3.8) is 0 Å². The molecule has 0 radical (unpaired) electrons. The van der Waals surface area contributed by atoms with Gasteiger partial charge in [0.25, 0.3) is 10.0 Å². The Hall–Kier alpha value is -3.21. The molecule has 0 fully saturated rings. The fraction of sp³-hybridized carbons (Fsp3) is 0.269. The molecule has 1 heterocycles. The maximum absolute atomic E-state index is 13.3. The van der Waals surface area contributed by atoms with Gasteiger partial charge in [-0.2, -0.15) is 0 Å². The molecular weight excluding hydrogens is 498 g/mol. The van der Waals surface area contributed by atoms with Gasteiger partial charge in [-0.3, -0.25) is 9.10 Å². The van der Waals surface area contributed by atoms with Gasteiger partial charge in [0.15, 0.2) is 0 Å². The summed E-state index contributed by atoms with van der Waals surface area (Å²) >= 11 is 0. The Bertz CT molecular complexity index is 1480. The van der Waals surface area contributed by atoms with E-state index in [1.54, 1.807) is 37.3 Å². The highest BCUT2D eigenvalue weighted by Gasteiger charge is 2.28. The van der Waals surface area contributed by atoms with Crippen LogP contribution in [-0.4, -0.2) is 36.3 Å². The number of sulfonamides is 2. The van der Waals surface area contributed by atoms with E-state index in [2.05, 4.69) is 10.0 Å². The summed E-state index contributed by atoms with van der Waals surface area (Å²) in [7, 11) is -5.98. The normalized spacial score (nSPS) is 13.8. The highest BCUT2D eigenvalue weighted by Crippen LogP contribution is 2.32. The summed E-state index contributed by atoms with van der Waals surface area (Å²) in [5.41, 5.74) is 3.75. The van der Waals surface area contributed by atoms with Gasteiger partial charge >= 0.3 is 0 Å². The van der Waals surface area contributed by atoms with E-state index < -0.39 is 20.0 Å². The van der Waals surface area contributed by atoms with E-state index in [-0.39, 0.29) is 22.1 Å². The van der Waals surface area contributed by atoms with Crippen molar-refractivity contribution in [2.24, 2.45) is 0 Å². The third-order valence-electron chi connectivity index (χ3n) is 6.28. The average Bonchev–Trinajstić information content (AvgIpc) is 2.88. The first kappa shape index (κ1) is 25.9. The van der Waals surface area contributed by atoms with Crippen molar-refractivity contribution in [3.05, 3.63) is 83.4 Å². The van der Waals surface area contributed by atoms with Crippen molar-refractivity contribution in [1.29, 1.82) is 0 Å². The fourth-order valence-electron chi connectivity index (χ4n) is 4.20. The van der Waals surface area contributed by atoms with E-state index in [4.69, 9.17) is 0 Å². The highest BCUT2D eigenvalue weighted by atomic mass is 32.2. The van der Waals surface area contributed by atoms with E-state index in [0.29, 0.717) is 18.7 Å². The highest BCUT2D eigenvalue weighted by molar-refractivity contribution is 7.92. The minimum absolute atomic E-state index is 0.0685. The second-order valence-corrected chi connectivity index (χ2v) is 12.4. The number of aryl methyl sites for hydroxylation is 3. The van der Waals surface area contributed by atoms with Crippen LogP contribution in [0.15, 0.2) is 76.5 Å². The molecule has 4 rings (SSSR count). The molecule has 0 unspecified atom stereocenters. The lowest BCUT2D eigenvalue weighted by atomic mass is 10.0. The fourth-order valence-corrected chi connectivity index (χ4v) is 6.49. The van der Waals surface area contributed by atoms with Crippen LogP contribution in [0.1, 0.15) is 29.5 Å². The lowest BCUT2D eigenvalue weighted by molar-refractivity contribution is -0.116. The molecule has 0 aliphatic carbocycles. The van der Waals surface area contributed by atoms with Crippen LogP contribution in [0.2, 0.25) is 0 Å². The monoisotopic (exact) mass is 527 g/mol. The number of benzene rings is 3.